The van der Waals surface area contributed by atoms with E-state index in [1.54, 1.807) is 32.4 Å². The predicted octanol–water partition coefficient (Wildman–Crippen LogP) is 2.07. The van der Waals surface area contributed by atoms with E-state index in [1.165, 1.54) is 0 Å². The molecule has 0 unspecified atom stereocenters. The van der Waals surface area contributed by atoms with Crippen molar-refractivity contribution in [2.24, 2.45) is 5.92 Å². The number of hydrogen-bond donors (Lipinski definition) is 1. The van der Waals surface area contributed by atoms with Crippen LogP contribution in [0.3, 0.4) is 0 Å². The highest BCUT2D eigenvalue weighted by molar-refractivity contribution is 5.96. The van der Waals surface area contributed by atoms with Gasteiger partial charge < -0.3 is 19.5 Å². The average Bonchev–Trinajstić information content (AvgIpc) is 2.59. The number of methoxy groups -OCH3 is 2. The second-order valence-corrected chi connectivity index (χ2v) is 5.70. The molecule has 0 aromatic heterocycles. The van der Waals surface area contributed by atoms with Crippen LogP contribution in [0, 0.1) is 5.92 Å². The normalized spacial score (nSPS) is 16.1. The molecule has 1 aliphatic rings. The van der Waals surface area contributed by atoms with Crippen molar-refractivity contribution in [2.45, 2.75) is 19.3 Å². The molecule has 1 fully saturated rings. The van der Waals surface area contributed by atoms with E-state index in [4.69, 9.17) is 14.6 Å². The van der Waals surface area contributed by atoms with Crippen molar-refractivity contribution in [3.63, 3.8) is 0 Å². The lowest BCUT2D eigenvalue weighted by molar-refractivity contribution is -0.143. The molecule has 0 radical (unpaired) electrons. The minimum Gasteiger partial charge on any atom is -0.493 e. The lowest BCUT2D eigenvalue weighted by Crippen LogP contribution is -2.37. The number of piperidine rings is 1. The van der Waals surface area contributed by atoms with Crippen molar-refractivity contribution in [3.8, 4) is 11.5 Å². The van der Waals surface area contributed by atoms with E-state index in [0.717, 1.165) is 13.1 Å². The SMILES string of the molecule is COc1ccc(C(=O)CCN2CCC(C(=O)O)CC2)cc1OC. The monoisotopic (exact) mass is 321 g/mol. The van der Waals surface area contributed by atoms with Gasteiger partial charge in [0.15, 0.2) is 17.3 Å². The summed E-state index contributed by atoms with van der Waals surface area (Å²) in [6.45, 7) is 2.12. The van der Waals surface area contributed by atoms with Crippen LogP contribution < -0.4 is 9.47 Å². The molecule has 1 saturated heterocycles. The quantitative estimate of drug-likeness (QED) is 0.775. The maximum Gasteiger partial charge on any atom is 0.306 e. The Hall–Kier alpha value is -2.08. The molecule has 1 N–H and O–H groups in total. The zero-order chi connectivity index (χ0) is 16.8. The van der Waals surface area contributed by atoms with Gasteiger partial charge in [-0.15, -0.1) is 0 Å². The highest BCUT2D eigenvalue weighted by Gasteiger charge is 2.24. The van der Waals surface area contributed by atoms with Crippen LogP contribution >= 0.6 is 0 Å². The summed E-state index contributed by atoms with van der Waals surface area (Å²) < 4.78 is 10.4. The van der Waals surface area contributed by atoms with Crippen molar-refractivity contribution < 1.29 is 24.2 Å². The van der Waals surface area contributed by atoms with Crippen molar-refractivity contribution in [3.05, 3.63) is 23.8 Å². The van der Waals surface area contributed by atoms with Crippen LogP contribution in [0.1, 0.15) is 29.6 Å². The molecule has 23 heavy (non-hydrogen) atoms. The zero-order valence-electron chi connectivity index (χ0n) is 13.6. The summed E-state index contributed by atoms with van der Waals surface area (Å²) in [4.78, 5) is 25.4. The number of likely N-dealkylation sites (tertiary alicyclic amines) is 1. The smallest absolute Gasteiger partial charge is 0.306 e. The largest absolute Gasteiger partial charge is 0.493 e. The molecule has 6 heteroatoms. The van der Waals surface area contributed by atoms with Crippen LogP contribution in [0.4, 0.5) is 0 Å². The van der Waals surface area contributed by atoms with Crippen LogP contribution in [0.15, 0.2) is 18.2 Å². The predicted molar refractivity (Wildman–Crippen MR) is 85.3 cm³/mol. The first-order chi connectivity index (χ1) is 11.0. The van der Waals surface area contributed by atoms with Gasteiger partial charge in [-0.25, -0.2) is 0 Å². The number of nitrogens with zero attached hydrogens (tertiary/aromatic N) is 1. The van der Waals surface area contributed by atoms with Crippen LogP contribution in [-0.4, -0.2) is 55.6 Å². The molecule has 0 aliphatic carbocycles. The van der Waals surface area contributed by atoms with Crippen molar-refractivity contribution in [1.29, 1.82) is 0 Å². The Balaban J connectivity index is 1.87. The molecule has 0 amide bonds. The maximum atomic E-state index is 12.3. The summed E-state index contributed by atoms with van der Waals surface area (Å²) in [6, 6.07) is 5.16. The number of carboxylic acid groups (broad SMARTS) is 1. The highest BCUT2D eigenvalue weighted by atomic mass is 16.5. The molecule has 0 spiro atoms. The topological polar surface area (TPSA) is 76.1 Å². The lowest BCUT2D eigenvalue weighted by Gasteiger charge is -2.29. The first-order valence-corrected chi connectivity index (χ1v) is 7.75. The molecule has 126 valence electrons. The maximum absolute atomic E-state index is 12.3. The third kappa shape index (κ3) is 4.45. The molecule has 6 nitrogen and oxygen atoms in total. The minimum absolute atomic E-state index is 0.0475. The van der Waals surface area contributed by atoms with E-state index in [9.17, 15) is 9.59 Å². The van der Waals surface area contributed by atoms with Gasteiger partial charge in [0.05, 0.1) is 20.1 Å². The molecule has 0 saturated carbocycles. The number of ketones is 1. The minimum atomic E-state index is -0.717. The van der Waals surface area contributed by atoms with Crippen LogP contribution in [0.5, 0.6) is 11.5 Å². The third-order valence-electron chi connectivity index (χ3n) is 4.30. The van der Waals surface area contributed by atoms with Crippen molar-refractivity contribution >= 4 is 11.8 Å². The van der Waals surface area contributed by atoms with Gasteiger partial charge in [0, 0.05) is 18.5 Å². The number of carboxylic acids is 1. The fourth-order valence-electron chi connectivity index (χ4n) is 2.82. The summed E-state index contributed by atoms with van der Waals surface area (Å²) >= 11 is 0. The number of aliphatic carboxylic acids is 1. The molecule has 1 heterocycles. The molecule has 1 aromatic rings. The summed E-state index contributed by atoms with van der Waals surface area (Å²) in [6.07, 6.45) is 1.72. The number of carbonyl (C=O) groups excluding carboxylic acids is 1. The summed E-state index contributed by atoms with van der Waals surface area (Å²) in [5.74, 6) is 0.227. The van der Waals surface area contributed by atoms with Crippen LogP contribution in [-0.2, 0) is 4.79 Å². The van der Waals surface area contributed by atoms with E-state index in [2.05, 4.69) is 4.90 Å². The molecule has 2 rings (SSSR count). The Bertz CT molecular complexity index is 564. The van der Waals surface area contributed by atoms with Gasteiger partial charge in [0.25, 0.3) is 0 Å². The fraction of sp³-hybridized carbons (Fsp3) is 0.529. The van der Waals surface area contributed by atoms with E-state index in [1.807, 2.05) is 0 Å². The summed E-state index contributed by atoms with van der Waals surface area (Å²) in [5.41, 5.74) is 0.600. The van der Waals surface area contributed by atoms with Gasteiger partial charge in [-0.2, -0.15) is 0 Å². The van der Waals surface area contributed by atoms with Gasteiger partial charge >= 0.3 is 5.97 Å². The molecule has 1 aliphatic heterocycles. The van der Waals surface area contributed by atoms with E-state index >= 15 is 0 Å². The first-order valence-electron chi connectivity index (χ1n) is 7.75. The molecular weight excluding hydrogens is 298 g/mol. The van der Waals surface area contributed by atoms with Gasteiger partial charge in [-0.1, -0.05) is 0 Å². The Morgan fingerprint density at radius 3 is 2.39 bits per heavy atom. The van der Waals surface area contributed by atoms with Crippen LogP contribution in [0.25, 0.3) is 0 Å². The number of Topliss-reactive ketones (excluding diaryl/α,β-unsaturated/α-hetero) is 1. The number of benzene rings is 1. The summed E-state index contributed by atoms with van der Waals surface area (Å²) in [7, 11) is 3.10. The van der Waals surface area contributed by atoms with E-state index < -0.39 is 5.97 Å². The average molecular weight is 321 g/mol. The Labute approximate surface area is 136 Å². The Kier molecular flexibility index (Phi) is 5.98. The molecule has 0 atom stereocenters. The fourth-order valence-corrected chi connectivity index (χ4v) is 2.82. The Morgan fingerprint density at radius 2 is 1.83 bits per heavy atom. The number of hydrogen-bond acceptors (Lipinski definition) is 5. The molecule has 0 bridgehead atoms. The van der Waals surface area contributed by atoms with E-state index in [0.29, 0.717) is 42.9 Å². The number of ether oxygens (including phenoxy) is 2. The highest BCUT2D eigenvalue weighted by Crippen LogP contribution is 2.28. The standard InChI is InChI=1S/C17H23NO5/c1-22-15-4-3-13(11-16(15)23-2)14(19)7-10-18-8-5-12(6-9-18)17(20)21/h3-4,11-12H,5-10H2,1-2H3,(H,20,21). The van der Waals surface area contributed by atoms with Gasteiger partial charge in [-0.05, 0) is 44.1 Å². The summed E-state index contributed by atoms with van der Waals surface area (Å²) in [5, 5.41) is 8.99. The van der Waals surface area contributed by atoms with E-state index in [-0.39, 0.29) is 11.7 Å². The number of carbonyl (C=O) groups is 2. The van der Waals surface area contributed by atoms with Gasteiger partial charge in [0.1, 0.15) is 0 Å². The van der Waals surface area contributed by atoms with Crippen LogP contribution in [0.2, 0.25) is 0 Å². The molecular formula is C17H23NO5. The first kappa shape index (κ1) is 17.3. The van der Waals surface area contributed by atoms with Gasteiger partial charge in [-0.3, -0.25) is 9.59 Å². The van der Waals surface area contributed by atoms with Gasteiger partial charge in [0.2, 0.25) is 0 Å². The molecule has 1 aromatic carbocycles. The second-order valence-electron chi connectivity index (χ2n) is 5.70. The third-order valence-corrected chi connectivity index (χ3v) is 4.30. The van der Waals surface area contributed by atoms with Crippen molar-refractivity contribution in [1.82, 2.24) is 4.90 Å². The lowest BCUT2D eigenvalue weighted by atomic mass is 9.97. The van der Waals surface area contributed by atoms with Crippen molar-refractivity contribution in [2.75, 3.05) is 33.9 Å². The second kappa shape index (κ2) is 7.97. The Morgan fingerprint density at radius 1 is 1.17 bits per heavy atom. The zero-order valence-corrected chi connectivity index (χ0v) is 13.6. The number of rotatable bonds is 7.